The molecule has 0 spiro atoms. The van der Waals surface area contributed by atoms with E-state index in [0.717, 1.165) is 31.6 Å². The van der Waals surface area contributed by atoms with E-state index in [2.05, 4.69) is 10.4 Å². The number of nitrogens with zero attached hydrogens (tertiary/aromatic N) is 2. The summed E-state index contributed by atoms with van der Waals surface area (Å²) in [7, 11) is 0. The smallest absolute Gasteiger partial charge is 0.354 e. The molecule has 0 bridgehead atoms. The van der Waals surface area contributed by atoms with Crippen LogP contribution in [0.1, 0.15) is 41.9 Å². The summed E-state index contributed by atoms with van der Waals surface area (Å²) in [5, 5.41) is 16.7. The van der Waals surface area contributed by atoms with Crippen LogP contribution >= 0.6 is 0 Å². The summed E-state index contributed by atoms with van der Waals surface area (Å²) < 4.78 is 1.56. The van der Waals surface area contributed by atoms with E-state index in [1.807, 2.05) is 6.92 Å². The molecule has 2 N–H and O–H groups in total. The molecule has 5 nitrogen and oxygen atoms in total. The molecule has 1 aliphatic heterocycles. The second-order valence-corrected chi connectivity index (χ2v) is 4.12. The van der Waals surface area contributed by atoms with Gasteiger partial charge in [0.05, 0.1) is 5.69 Å². The number of carbonyl (C=O) groups is 1. The van der Waals surface area contributed by atoms with E-state index in [4.69, 9.17) is 5.11 Å². The average Bonchev–Trinajstić information content (AvgIpc) is 2.74. The zero-order chi connectivity index (χ0) is 11.5. The molecule has 1 aromatic heterocycles. The highest BCUT2D eigenvalue weighted by molar-refractivity contribution is 5.85. The lowest BCUT2D eigenvalue weighted by molar-refractivity contribution is 0.0683. The second-order valence-electron chi connectivity index (χ2n) is 4.12. The Morgan fingerprint density at radius 3 is 3.06 bits per heavy atom. The van der Waals surface area contributed by atoms with Crippen LogP contribution in [0.2, 0.25) is 0 Å². The molecule has 0 radical (unpaired) electrons. The molecule has 1 aromatic rings. The van der Waals surface area contributed by atoms with E-state index in [-0.39, 0.29) is 0 Å². The predicted molar refractivity (Wildman–Crippen MR) is 59.7 cm³/mol. The van der Waals surface area contributed by atoms with Gasteiger partial charge in [-0.1, -0.05) is 0 Å². The van der Waals surface area contributed by atoms with Crippen LogP contribution in [0.3, 0.4) is 0 Å². The van der Waals surface area contributed by atoms with Gasteiger partial charge in [0.2, 0.25) is 0 Å². The molecule has 5 heteroatoms. The van der Waals surface area contributed by atoms with Gasteiger partial charge in [0.15, 0.2) is 0 Å². The maximum Gasteiger partial charge on any atom is 0.354 e. The third kappa shape index (κ3) is 2.09. The summed E-state index contributed by atoms with van der Waals surface area (Å²) in [4.78, 5) is 11.0. The van der Waals surface area contributed by atoms with Gasteiger partial charge < -0.3 is 10.4 Å². The Labute approximate surface area is 94.5 Å². The number of carboxylic acid groups (broad SMARTS) is 1. The van der Waals surface area contributed by atoms with Crippen LogP contribution in [0.25, 0.3) is 0 Å². The van der Waals surface area contributed by atoms with E-state index in [1.165, 1.54) is 0 Å². The lowest BCUT2D eigenvalue weighted by Crippen LogP contribution is -2.28. The van der Waals surface area contributed by atoms with E-state index < -0.39 is 5.97 Å². The van der Waals surface area contributed by atoms with Crippen LogP contribution < -0.4 is 5.32 Å². The van der Waals surface area contributed by atoms with Crippen LogP contribution in [-0.2, 0) is 6.54 Å². The Balaban J connectivity index is 2.24. The number of carboxylic acids is 1. The van der Waals surface area contributed by atoms with Crippen LogP contribution in [0.15, 0.2) is 6.07 Å². The zero-order valence-corrected chi connectivity index (χ0v) is 9.44. The molecule has 16 heavy (non-hydrogen) atoms. The minimum atomic E-state index is -0.899. The van der Waals surface area contributed by atoms with Gasteiger partial charge in [-0.15, -0.1) is 0 Å². The largest absolute Gasteiger partial charge is 0.477 e. The van der Waals surface area contributed by atoms with Gasteiger partial charge in [-0.2, -0.15) is 5.10 Å². The summed E-state index contributed by atoms with van der Waals surface area (Å²) in [6, 6.07) is 1.71. The number of hydrogen-bond acceptors (Lipinski definition) is 3. The minimum absolute atomic E-state index is 0.295. The van der Waals surface area contributed by atoms with Crippen molar-refractivity contribution in [3.63, 3.8) is 0 Å². The number of aromatic nitrogens is 2. The molecule has 0 aromatic carbocycles. The van der Waals surface area contributed by atoms with Gasteiger partial charge in [0.1, 0.15) is 5.69 Å². The van der Waals surface area contributed by atoms with Gasteiger partial charge in [-0.3, -0.25) is 4.68 Å². The summed E-state index contributed by atoms with van der Waals surface area (Å²) in [5.41, 5.74) is 1.20. The van der Waals surface area contributed by atoms with E-state index in [0.29, 0.717) is 18.2 Å². The van der Waals surface area contributed by atoms with Crippen molar-refractivity contribution >= 4 is 5.97 Å². The lowest BCUT2D eigenvalue weighted by Gasteiger charge is -2.20. The van der Waals surface area contributed by atoms with E-state index in [1.54, 1.807) is 10.7 Å². The quantitative estimate of drug-likeness (QED) is 0.804. The third-order valence-electron chi connectivity index (χ3n) is 3.03. The molecule has 1 fully saturated rings. The summed E-state index contributed by atoms with van der Waals surface area (Å²) in [5.74, 6) is -0.538. The first kappa shape index (κ1) is 11.1. The summed E-state index contributed by atoms with van der Waals surface area (Å²) in [6.07, 6.45) is 2.22. The Morgan fingerprint density at radius 2 is 2.56 bits per heavy atom. The SMILES string of the molecule is CCn1nc(C2CCCNC2)cc1C(=O)O. The topological polar surface area (TPSA) is 67.2 Å². The van der Waals surface area contributed by atoms with Crippen molar-refractivity contribution < 1.29 is 9.90 Å². The Bertz CT molecular complexity index is 381. The van der Waals surface area contributed by atoms with E-state index in [9.17, 15) is 4.79 Å². The van der Waals surface area contributed by atoms with Crippen molar-refractivity contribution in [3.8, 4) is 0 Å². The molecular weight excluding hydrogens is 206 g/mol. The van der Waals surface area contributed by atoms with Crippen molar-refractivity contribution in [1.82, 2.24) is 15.1 Å². The van der Waals surface area contributed by atoms with Crippen LogP contribution in [0, 0.1) is 0 Å². The first-order chi connectivity index (χ1) is 7.72. The molecule has 88 valence electrons. The van der Waals surface area contributed by atoms with Crippen molar-refractivity contribution in [2.24, 2.45) is 0 Å². The van der Waals surface area contributed by atoms with Gasteiger partial charge >= 0.3 is 5.97 Å². The van der Waals surface area contributed by atoms with Crippen molar-refractivity contribution in [3.05, 3.63) is 17.5 Å². The van der Waals surface area contributed by atoms with Gasteiger partial charge in [0.25, 0.3) is 0 Å². The number of aryl methyl sites for hydroxylation is 1. The average molecular weight is 223 g/mol. The number of rotatable bonds is 3. The monoisotopic (exact) mass is 223 g/mol. The number of aromatic carboxylic acids is 1. The fourth-order valence-corrected chi connectivity index (χ4v) is 2.15. The normalized spacial score (nSPS) is 20.9. The lowest BCUT2D eigenvalue weighted by atomic mass is 9.96. The molecule has 2 rings (SSSR count). The van der Waals surface area contributed by atoms with Gasteiger partial charge in [0, 0.05) is 19.0 Å². The Morgan fingerprint density at radius 1 is 1.75 bits per heavy atom. The van der Waals surface area contributed by atoms with Crippen LogP contribution in [0.4, 0.5) is 0 Å². The predicted octanol–water partition coefficient (Wildman–Crippen LogP) is 1.07. The maximum absolute atomic E-state index is 11.0. The number of hydrogen-bond donors (Lipinski definition) is 2. The van der Waals surface area contributed by atoms with Crippen molar-refractivity contribution in [2.75, 3.05) is 13.1 Å². The standard InChI is InChI=1S/C11H17N3O2/c1-2-14-10(11(15)16)6-9(13-14)8-4-3-5-12-7-8/h6,8,12H,2-5,7H2,1H3,(H,15,16). The molecule has 1 saturated heterocycles. The first-order valence-corrected chi connectivity index (χ1v) is 5.74. The third-order valence-corrected chi connectivity index (χ3v) is 3.03. The van der Waals surface area contributed by atoms with Gasteiger partial charge in [-0.05, 0) is 32.4 Å². The Kier molecular flexibility index (Phi) is 3.24. The second kappa shape index (κ2) is 4.65. The molecule has 1 aliphatic rings. The highest BCUT2D eigenvalue weighted by Gasteiger charge is 2.21. The van der Waals surface area contributed by atoms with E-state index >= 15 is 0 Å². The Hall–Kier alpha value is -1.36. The number of nitrogens with one attached hydrogen (secondary N) is 1. The van der Waals surface area contributed by atoms with Crippen LogP contribution in [0.5, 0.6) is 0 Å². The van der Waals surface area contributed by atoms with Gasteiger partial charge in [-0.25, -0.2) is 4.79 Å². The fraction of sp³-hybridized carbons (Fsp3) is 0.636. The first-order valence-electron chi connectivity index (χ1n) is 5.74. The number of piperidine rings is 1. The minimum Gasteiger partial charge on any atom is -0.477 e. The molecule has 2 heterocycles. The van der Waals surface area contributed by atoms with Crippen LogP contribution in [-0.4, -0.2) is 33.9 Å². The maximum atomic E-state index is 11.0. The molecule has 0 amide bonds. The highest BCUT2D eigenvalue weighted by Crippen LogP contribution is 2.22. The molecule has 1 atom stereocenters. The highest BCUT2D eigenvalue weighted by atomic mass is 16.4. The zero-order valence-electron chi connectivity index (χ0n) is 9.44. The molecule has 1 unspecified atom stereocenters. The van der Waals surface area contributed by atoms with Crippen molar-refractivity contribution in [1.29, 1.82) is 0 Å². The molecular formula is C11H17N3O2. The van der Waals surface area contributed by atoms with Crippen molar-refractivity contribution in [2.45, 2.75) is 32.2 Å². The summed E-state index contributed by atoms with van der Waals surface area (Å²) >= 11 is 0. The fourth-order valence-electron chi connectivity index (χ4n) is 2.15. The summed E-state index contributed by atoms with van der Waals surface area (Å²) in [6.45, 7) is 4.46. The molecule has 0 aliphatic carbocycles. The molecule has 0 saturated carbocycles.